The summed E-state index contributed by atoms with van der Waals surface area (Å²) >= 11 is 0. The fourth-order valence-corrected chi connectivity index (χ4v) is 6.30. The van der Waals surface area contributed by atoms with Gasteiger partial charge in [0.25, 0.3) is 0 Å². The van der Waals surface area contributed by atoms with Crippen molar-refractivity contribution in [3.63, 3.8) is 0 Å². The van der Waals surface area contributed by atoms with Gasteiger partial charge in [0.2, 0.25) is 0 Å². The Bertz CT molecular complexity index is 1040. The third kappa shape index (κ3) is 42.3. The van der Waals surface area contributed by atoms with Crippen LogP contribution >= 0.6 is 0 Å². The highest BCUT2D eigenvalue weighted by molar-refractivity contribution is 5.71. The van der Waals surface area contributed by atoms with Gasteiger partial charge < -0.3 is 14.2 Å². The van der Waals surface area contributed by atoms with Crippen LogP contribution in [0, 0.1) is 0 Å². The Hall–Kier alpha value is -2.89. The molecule has 1 unspecified atom stereocenters. The first-order valence-corrected chi connectivity index (χ1v) is 23.3. The molecule has 6 nitrogen and oxygen atoms in total. The Morgan fingerprint density at radius 2 is 0.696 bits per heavy atom. The second-order valence-corrected chi connectivity index (χ2v) is 15.3. The molecule has 0 spiro atoms. The Balaban J connectivity index is 4.42. The number of unbranched alkanes of at least 4 members (excludes halogenated alkanes) is 20. The maximum Gasteiger partial charge on any atom is 0.306 e. The predicted molar refractivity (Wildman–Crippen MR) is 238 cm³/mol. The summed E-state index contributed by atoms with van der Waals surface area (Å²) in [4.78, 5) is 37.7. The van der Waals surface area contributed by atoms with Gasteiger partial charge in [0.1, 0.15) is 13.2 Å². The Morgan fingerprint density at radius 1 is 0.375 bits per heavy atom. The third-order valence-corrected chi connectivity index (χ3v) is 9.79. The van der Waals surface area contributed by atoms with Crippen molar-refractivity contribution in [3.05, 3.63) is 60.8 Å². The molecule has 0 bridgehead atoms. The standard InChI is InChI=1S/C50H86O6/c1-4-7-10-13-16-19-21-23-24-25-26-28-29-31-34-37-40-43-49(52)55-46-47(45-54-48(51)42-39-36-33-18-15-12-9-6-3)56-50(53)44-41-38-35-32-30-27-22-20-17-14-11-8-5-2/h7,10,16,19,23-24,26,28,31,34,47H,4-6,8-9,11-15,17-18,20-22,25,27,29-30,32-33,35-46H2,1-3H3/b10-7-,19-16-,24-23-,28-26-,34-31-. The molecule has 0 aromatic carbocycles. The Morgan fingerprint density at radius 3 is 1.09 bits per heavy atom. The van der Waals surface area contributed by atoms with Crippen molar-refractivity contribution in [2.24, 2.45) is 0 Å². The van der Waals surface area contributed by atoms with Gasteiger partial charge in [-0.05, 0) is 57.8 Å². The van der Waals surface area contributed by atoms with Crippen molar-refractivity contribution in [3.8, 4) is 0 Å². The number of allylic oxidation sites excluding steroid dienone is 10. The van der Waals surface area contributed by atoms with E-state index in [4.69, 9.17) is 14.2 Å². The van der Waals surface area contributed by atoms with E-state index in [2.05, 4.69) is 81.5 Å². The maximum atomic E-state index is 12.7. The van der Waals surface area contributed by atoms with Crippen molar-refractivity contribution < 1.29 is 28.6 Å². The summed E-state index contributed by atoms with van der Waals surface area (Å²) in [7, 11) is 0. The summed E-state index contributed by atoms with van der Waals surface area (Å²) in [5.74, 6) is -0.955. The molecule has 0 saturated carbocycles. The molecule has 6 heteroatoms. The third-order valence-electron chi connectivity index (χ3n) is 9.79. The SMILES string of the molecule is CC/C=C\C/C=C\C/C=C\C/C=C\C/C=C\CCCC(=O)OCC(COC(=O)CCCCCCCCCC)OC(=O)CCCCCCCCCCCCCCC. The van der Waals surface area contributed by atoms with Crippen LogP contribution in [-0.2, 0) is 28.6 Å². The normalized spacial score (nSPS) is 12.6. The quantitative estimate of drug-likeness (QED) is 0.0266. The van der Waals surface area contributed by atoms with Gasteiger partial charge in [-0.25, -0.2) is 0 Å². The molecule has 0 rings (SSSR count). The first kappa shape index (κ1) is 53.1. The van der Waals surface area contributed by atoms with E-state index in [1.165, 1.54) is 96.3 Å². The molecule has 322 valence electrons. The second-order valence-electron chi connectivity index (χ2n) is 15.3. The average molecular weight is 783 g/mol. The van der Waals surface area contributed by atoms with Crippen molar-refractivity contribution in [1.29, 1.82) is 0 Å². The van der Waals surface area contributed by atoms with Crippen LogP contribution in [-0.4, -0.2) is 37.2 Å². The molecular weight excluding hydrogens is 697 g/mol. The summed E-state index contributed by atoms with van der Waals surface area (Å²) in [6.45, 7) is 6.43. The van der Waals surface area contributed by atoms with E-state index in [9.17, 15) is 14.4 Å². The van der Waals surface area contributed by atoms with E-state index in [0.29, 0.717) is 19.3 Å². The lowest BCUT2D eigenvalue weighted by atomic mass is 10.0. The van der Waals surface area contributed by atoms with Gasteiger partial charge in [0.05, 0.1) is 0 Å². The molecule has 0 radical (unpaired) electrons. The lowest BCUT2D eigenvalue weighted by molar-refractivity contribution is -0.167. The van der Waals surface area contributed by atoms with E-state index in [1.54, 1.807) is 0 Å². The second kappa shape index (κ2) is 44.8. The molecule has 0 aromatic heterocycles. The van der Waals surface area contributed by atoms with Crippen LogP contribution in [0.3, 0.4) is 0 Å². The monoisotopic (exact) mass is 783 g/mol. The van der Waals surface area contributed by atoms with E-state index >= 15 is 0 Å². The lowest BCUT2D eigenvalue weighted by Crippen LogP contribution is -2.30. The van der Waals surface area contributed by atoms with E-state index < -0.39 is 6.10 Å². The molecule has 0 amide bonds. The van der Waals surface area contributed by atoms with Gasteiger partial charge >= 0.3 is 17.9 Å². The van der Waals surface area contributed by atoms with Gasteiger partial charge in [-0.3, -0.25) is 14.4 Å². The lowest BCUT2D eigenvalue weighted by Gasteiger charge is -2.18. The minimum Gasteiger partial charge on any atom is -0.462 e. The zero-order valence-corrected chi connectivity index (χ0v) is 36.6. The van der Waals surface area contributed by atoms with Crippen molar-refractivity contribution in [1.82, 2.24) is 0 Å². The maximum absolute atomic E-state index is 12.7. The van der Waals surface area contributed by atoms with Crippen molar-refractivity contribution in [2.45, 2.75) is 226 Å². The highest BCUT2D eigenvalue weighted by atomic mass is 16.6. The van der Waals surface area contributed by atoms with Crippen LogP contribution in [0.1, 0.15) is 220 Å². The highest BCUT2D eigenvalue weighted by Crippen LogP contribution is 2.14. The molecule has 0 saturated heterocycles. The van der Waals surface area contributed by atoms with Gasteiger partial charge in [0.15, 0.2) is 6.10 Å². The van der Waals surface area contributed by atoms with Crippen molar-refractivity contribution >= 4 is 17.9 Å². The van der Waals surface area contributed by atoms with Gasteiger partial charge in [-0.1, -0.05) is 204 Å². The van der Waals surface area contributed by atoms with Gasteiger partial charge in [-0.2, -0.15) is 0 Å². The molecule has 0 heterocycles. The first-order chi connectivity index (χ1) is 27.5. The summed E-state index contributed by atoms with van der Waals surface area (Å²) in [6.07, 6.45) is 53.6. The molecule has 0 N–H and O–H groups in total. The van der Waals surface area contributed by atoms with Gasteiger partial charge in [-0.15, -0.1) is 0 Å². The van der Waals surface area contributed by atoms with Crippen LogP contribution < -0.4 is 0 Å². The zero-order valence-electron chi connectivity index (χ0n) is 36.6. The number of rotatable bonds is 41. The molecule has 0 fully saturated rings. The summed E-state index contributed by atoms with van der Waals surface area (Å²) in [5, 5.41) is 0. The highest BCUT2D eigenvalue weighted by Gasteiger charge is 2.19. The minimum absolute atomic E-state index is 0.0898. The smallest absolute Gasteiger partial charge is 0.306 e. The Kier molecular flexibility index (Phi) is 42.5. The number of carbonyl (C=O) groups excluding carboxylic acids is 3. The molecule has 0 aliphatic rings. The molecule has 1 atom stereocenters. The minimum atomic E-state index is -0.790. The number of hydrogen-bond donors (Lipinski definition) is 0. The first-order valence-electron chi connectivity index (χ1n) is 23.3. The predicted octanol–water partition coefficient (Wildman–Crippen LogP) is 14.9. The summed E-state index contributed by atoms with van der Waals surface area (Å²) < 4.78 is 16.6. The largest absolute Gasteiger partial charge is 0.462 e. The number of carbonyl (C=O) groups is 3. The Labute approximate surface area is 345 Å². The van der Waals surface area contributed by atoms with E-state index in [-0.39, 0.29) is 37.5 Å². The fourth-order valence-electron chi connectivity index (χ4n) is 6.30. The number of hydrogen-bond acceptors (Lipinski definition) is 6. The fraction of sp³-hybridized carbons (Fsp3) is 0.740. The molecule has 0 aliphatic heterocycles. The molecule has 0 aromatic rings. The average Bonchev–Trinajstić information content (AvgIpc) is 3.19. The van der Waals surface area contributed by atoms with Crippen LogP contribution in [0.15, 0.2) is 60.8 Å². The number of esters is 3. The van der Waals surface area contributed by atoms with E-state index in [0.717, 1.165) is 77.0 Å². The zero-order chi connectivity index (χ0) is 40.8. The van der Waals surface area contributed by atoms with Crippen LogP contribution in [0.5, 0.6) is 0 Å². The molecule has 56 heavy (non-hydrogen) atoms. The molecule has 0 aliphatic carbocycles. The molecular formula is C50H86O6. The summed E-state index contributed by atoms with van der Waals surface area (Å²) in [6, 6.07) is 0. The van der Waals surface area contributed by atoms with Crippen LogP contribution in [0.4, 0.5) is 0 Å². The topological polar surface area (TPSA) is 78.9 Å². The van der Waals surface area contributed by atoms with Gasteiger partial charge in [0, 0.05) is 19.3 Å². The van der Waals surface area contributed by atoms with Crippen LogP contribution in [0.2, 0.25) is 0 Å². The summed E-state index contributed by atoms with van der Waals surface area (Å²) in [5.41, 5.74) is 0. The van der Waals surface area contributed by atoms with Crippen molar-refractivity contribution in [2.75, 3.05) is 13.2 Å². The number of ether oxygens (including phenoxy) is 3. The van der Waals surface area contributed by atoms with Crippen LogP contribution in [0.25, 0.3) is 0 Å². The van der Waals surface area contributed by atoms with E-state index in [1.807, 2.05) is 0 Å².